The number of halogens is 1. The van der Waals surface area contributed by atoms with Gasteiger partial charge in [-0.3, -0.25) is 0 Å². The van der Waals surface area contributed by atoms with Crippen molar-refractivity contribution in [3.05, 3.63) is 35.7 Å². The van der Waals surface area contributed by atoms with Crippen LogP contribution < -0.4 is 4.74 Å². The van der Waals surface area contributed by atoms with E-state index in [1.165, 1.54) is 6.92 Å². The van der Waals surface area contributed by atoms with Crippen molar-refractivity contribution in [3.63, 3.8) is 0 Å². The first-order valence-corrected chi connectivity index (χ1v) is 4.89. The van der Waals surface area contributed by atoms with E-state index < -0.39 is 11.8 Å². The maximum Gasteiger partial charge on any atom is 0.365 e. The van der Waals surface area contributed by atoms with Crippen LogP contribution in [0.4, 0.5) is 4.39 Å². The van der Waals surface area contributed by atoms with E-state index in [2.05, 4.69) is 0 Å². The zero-order valence-corrected chi connectivity index (χ0v) is 9.16. The van der Waals surface area contributed by atoms with Crippen molar-refractivity contribution in [2.45, 2.75) is 13.8 Å². The quantitative estimate of drug-likeness (QED) is 0.800. The Hall–Kier alpha value is -1.84. The molecule has 0 saturated carbocycles. The molecule has 0 radical (unpaired) electrons. The Morgan fingerprint density at radius 1 is 1.38 bits per heavy atom. The molecule has 16 heavy (non-hydrogen) atoms. The second-order valence-corrected chi connectivity index (χ2v) is 3.20. The van der Waals surface area contributed by atoms with Crippen molar-refractivity contribution in [1.82, 2.24) is 0 Å². The molecule has 1 rings (SSSR count). The van der Waals surface area contributed by atoms with Crippen LogP contribution in [0.15, 0.2) is 30.1 Å². The van der Waals surface area contributed by atoms with E-state index in [4.69, 9.17) is 9.84 Å². The van der Waals surface area contributed by atoms with Crippen molar-refractivity contribution in [3.8, 4) is 5.75 Å². The van der Waals surface area contributed by atoms with Crippen LogP contribution in [0.25, 0.3) is 5.57 Å². The molecule has 0 bridgehead atoms. The molecule has 0 spiro atoms. The van der Waals surface area contributed by atoms with Crippen LogP contribution in [0.5, 0.6) is 5.75 Å². The molecule has 1 N–H and O–H groups in total. The molecule has 0 amide bonds. The molecule has 0 unspecified atom stereocenters. The van der Waals surface area contributed by atoms with Gasteiger partial charge in [-0.2, -0.15) is 4.39 Å². The first-order chi connectivity index (χ1) is 7.56. The van der Waals surface area contributed by atoms with Gasteiger partial charge in [0.1, 0.15) is 5.75 Å². The lowest BCUT2D eigenvalue weighted by molar-refractivity contribution is -0.134. The molecular weight excluding hydrogens is 211 g/mol. The highest BCUT2D eigenvalue weighted by molar-refractivity contribution is 5.93. The van der Waals surface area contributed by atoms with Gasteiger partial charge in [0.15, 0.2) is 0 Å². The second-order valence-electron chi connectivity index (χ2n) is 3.20. The van der Waals surface area contributed by atoms with Crippen molar-refractivity contribution in [1.29, 1.82) is 0 Å². The van der Waals surface area contributed by atoms with Crippen LogP contribution in [0, 0.1) is 0 Å². The standard InChI is InChI=1S/C12H13FO3/c1-3-16-10-6-4-9(5-7-10)8(2)11(13)12(14)15/h4-7H,3H2,1-2H3,(H,14,15). The molecule has 0 atom stereocenters. The molecule has 0 heterocycles. The van der Waals surface area contributed by atoms with E-state index in [1.807, 2.05) is 6.92 Å². The Labute approximate surface area is 93.2 Å². The highest BCUT2D eigenvalue weighted by atomic mass is 19.1. The Bertz CT molecular complexity index is 407. The fraction of sp³-hybridized carbons (Fsp3) is 0.250. The smallest absolute Gasteiger partial charge is 0.365 e. The molecule has 4 heteroatoms. The highest BCUT2D eigenvalue weighted by Gasteiger charge is 2.11. The summed E-state index contributed by atoms with van der Waals surface area (Å²) < 4.78 is 18.3. The van der Waals surface area contributed by atoms with Gasteiger partial charge in [0.25, 0.3) is 0 Å². The number of aliphatic carboxylic acids is 1. The van der Waals surface area contributed by atoms with Gasteiger partial charge in [0, 0.05) is 0 Å². The molecule has 1 aromatic rings. The van der Waals surface area contributed by atoms with Gasteiger partial charge in [-0.25, -0.2) is 4.79 Å². The minimum atomic E-state index is -1.55. The zero-order valence-electron chi connectivity index (χ0n) is 9.16. The largest absolute Gasteiger partial charge is 0.494 e. The van der Waals surface area contributed by atoms with Gasteiger partial charge in [-0.1, -0.05) is 12.1 Å². The predicted molar refractivity (Wildman–Crippen MR) is 58.9 cm³/mol. The van der Waals surface area contributed by atoms with E-state index in [9.17, 15) is 9.18 Å². The lowest BCUT2D eigenvalue weighted by Crippen LogP contribution is -1.98. The molecule has 0 saturated heterocycles. The molecule has 0 aromatic heterocycles. The van der Waals surface area contributed by atoms with Crippen LogP contribution in [0.1, 0.15) is 19.4 Å². The minimum absolute atomic E-state index is 0.107. The third-order valence-electron chi connectivity index (χ3n) is 2.12. The van der Waals surface area contributed by atoms with E-state index >= 15 is 0 Å². The number of allylic oxidation sites excluding steroid dienone is 1. The number of carbonyl (C=O) groups is 1. The molecular formula is C12H13FO3. The van der Waals surface area contributed by atoms with E-state index in [-0.39, 0.29) is 5.57 Å². The monoisotopic (exact) mass is 224 g/mol. The third-order valence-corrected chi connectivity index (χ3v) is 2.12. The van der Waals surface area contributed by atoms with Crippen molar-refractivity contribution >= 4 is 11.5 Å². The molecule has 0 fully saturated rings. The van der Waals surface area contributed by atoms with Crippen LogP contribution in [-0.4, -0.2) is 17.7 Å². The zero-order chi connectivity index (χ0) is 12.1. The first kappa shape index (κ1) is 12.2. The summed E-state index contributed by atoms with van der Waals surface area (Å²) in [7, 11) is 0. The summed E-state index contributed by atoms with van der Waals surface area (Å²) in [6, 6.07) is 6.61. The first-order valence-electron chi connectivity index (χ1n) is 4.89. The number of carboxylic acid groups (broad SMARTS) is 1. The Morgan fingerprint density at radius 3 is 2.38 bits per heavy atom. The highest BCUT2D eigenvalue weighted by Crippen LogP contribution is 2.22. The normalized spacial score (nSPS) is 11.9. The summed E-state index contributed by atoms with van der Waals surface area (Å²) >= 11 is 0. The minimum Gasteiger partial charge on any atom is -0.494 e. The van der Waals surface area contributed by atoms with Gasteiger partial charge in [0.05, 0.1) is 6.61 Å². The van der Waals surface area contributed by atoms with Gasteiger partial charge < -0.3 is 9.84 Å². The fourth-order valence-electron chi connectivity index (χ4n) is 1.25. The number of ether oxygens (including phenoxy) is 1. The molecule has 86 valence electrons. The lowest BCUT2D eigenvalue weighted by atomic mass is 10.1. The van der Waals surface area contributed by atoms with E-state index in [0.29, 0.717) is 17.9 Å². The van der Waals surface area contributed by atoms with Gasteiger partial charge >= 0.3 is 5.97 Å². The number of benzene rings is 1. The van der Waals surface area contributed by atoms with Crippen molar-refractivity contribution in [2.75, 3.05) is 6.61 Å². The van der Waals surface area contributed by atoms with E-state index in [0.717, 1.165) is 0 Å². The van der Waals surface area contributed by atoms with Gasteiger partial charge in [-0.05, 0) is 37.1 Å². The summed E-state index contributed by atoms with van der Waals surface area (Å²) in [5, 5.41) is 8.49. The third kappa shape index (κ3) is 2.82. The summed E-state index contributed by atoms with van der Waals surface area (Å²) in [6.07, 6.45) is 0. The van der Waals surface area contributed by atoms with E-state index in [1.54, 1.807) is 24.3 Å². The number of carboxylic acids is 1. The summed E-state index contributed by atoms with van der Waals surface area (Å²) in [5.74, 6) is -2.01. The van der Waals surface area contributed by atoms with Gasteiger partial charge in [-0.15, -0.1) is 0 Å². The van der Waals surface area contributed by atoms with Crippen molar-refractivity contribution in [2.24, 2.45) is 0 Å². The summed E-state index contributed by atoms with van der Waals surface area (Å²) in [6.45, 7) is 3.85. The average molecular weight is 224 g/mol. The molecule has 0 aliphatic rings. The SMILES string of the molecule is CCOc1ccc(C(C)=C(F)C(=O)O)cc1. The van der Waals surface area contributed by atoms with Crippen LogP contribution in [-0.2, 0) is 4.79 Å². The topological polar surface area (TPSA) is 46.5 Å². The van der Waals surface area contributed by atoms with Crippen LogP contribution in [0.2, 0.25) is 0 Å². The number of rotatable bonds is 4. The number of hydrogen-bond donors (Lipinski definition) is 1. The molecule has 1 aromatic carbocycles. The summed E-state index contributed by atoms with van der Waals surface area (Å²) in [4.78, 5) is 10.4. The van der Waals surface area contributed by atoms with Crippen molar-refractivity contribution < 1.29 is 19.0 Å². The maximum atomic E-state index is 13.1. The summed E-state index contributed by atoms with van der Waals surface area (Å²) in [5.41, 5.74) is 0.638. The Kier molecular flexibility index (Phi) is 4.05. The average Bonchev–Trinajstić information content (AvgIpc) is 2.28. The second kappa shape index (κ2) is 5.30. The predicted octanol–water partition coefficient (Wildman–Crippen LogP) is 2.87. The molecule has 0 aliphatic heterocycles. The molecule has 0 aliphatic carbocycles. The lowest BCUT2D eigenvalue weighted by Gasteiger charge is -2.05. The molecule has 3 nitrogen and oxygen atoms in total. The number of hydrogen-bond acceptors (Lipinski definition) is 2. The maximum absolute atomic E-state index is 13.1. The van der Waals surface area contributed by atoms with Crippen LogP contribution in [0.3, 0.4) is 0 Å². The fourth-order valence-corrected chi connectivity index (χ4v) is 1.25. The Morgan fingerprint density at radius 2 is 1.94 bits per heavy atom. The van der Waals surface area contributed by atoms with Gasteiger partial charge in [0.2, 0.25) is 5.83 Å². The van der Waals surface area contributed by atoms with Crippen LogP contribution >= 0.6 is 0 Å². The Balaban J connectivity index is 2.98.